The summed E-state index contributed by atoms with van der Waals surface area (Å²) in [5.41, 5.74) is 0. The van der Waals surface area contributed by atoms with Gasteiger partial charge in [-0.05, 0) is 57.8 Å². The summed E-state index contributed by atoms with van der Waals surface area (Å²) in [6.45, 7) is 4.93. The summed E-state index contributed by atoms with van der Waals surface area (Å²) >= 11 is 0. The average molecular weight is 1110 g/mol. The third-order valence-corrected chi connectivity index (χ3v) is 17.0. The predicted octanol–water partition coefficient (Wildman–Crippen LogP) is 23.3. The summed E-state index contributed by atoms with van der Waals surface area (Å²) in [5.74, 6) is -0.0577. The minimum Gasteiger partial charge on any atom is -0.466 e. The molecule has 0 aliphatic rings. The Morgan fingerprint density at radius 1 is 0.342 bits per heavy atom. The van der Waals surface area contributed by atoms with Crippen molar-refractivity contribution in [3.8, 4) is 0 Å². The molecule has 2 unspecified atom stereocenters. The molecule has 6 heteroatoms. The molecule has 0 aromatic carbocycles. The first-order chi connectivity index (χ1) is 39.0. The second-order valence-corrected chi connectivity index (χ2v) is 24.9. The zero-order valence-corrected chi connectivity index (χ0v) is 53.6. The maximum atomic E-state index is 12.5. The molecule has 1 amide bonds. The predicted molar refractivity (Wildman–Crippen MR) is 347 cm³/mol. The van der Waals surface area contributed by atoms with Gasteiger partial charge in [-0.25, -0.2) is 0 Å². The van der Waals surface area contributed by atoms with Gasteiger partial charge in [0.05, 0.1) is 25.4 Å². The highest BCUT2D eigenvalue weighted by Crippen LogP contribution is 2.19. The van der Waals surface area contributed by atoms with E-state index >= 15 is 0 Å². The van der Waals surface area contributed by atoms with Gasteiger partial charge in [0.1, 0.15) is 0 Å². The first kappa shape index (κ1) is 77.3. The van der Waals surface area contributed by atoms with Crippen LogP contribution < -0.4 is 5.32 Å². The van der Waals surface area contributed by atoms with Gasteiger partial charge in [-0.15, -0.1) is 0 Å². The second kappa shape index (κ2) is 68.8. The van der Waals surface area contributed by atoms with E-state index in [4.69, 9.17) is 4.74 Å². The average Bonchev–Trinajstić information content (AvgIpc) is 3.45. The standard InChI is InChI=1S/C73H141NO5/c1-3-5-7-9-11-13-15-17-19-20-21-22-23-24-25-28-31-34-38-41-45-49-53-57-61-65-71(76)70(69-75)74-72(77)66-62-58-54-50-46-42-39-35-32-29-26-27-30-33-36-40-44-48-52-56-60-64-68-79-73(78)67-63-59-55-51-47-43-37-18-16-14-12-10-8-6-4-2/h18,37,61,65,70-71,75-76H,3-17,19-36,38-60,62-64,66-69H2,1-2H3,(H,74,77)/b37-18-,65-61+. The fraction of sp³-hybridized carbons (Fsp3) is 0.918. The summed E-state index contributed by atoms with van der Waals surface area (Å²) in [4.78, 5) is 24.6. The minimum absolute atomic E-state index is 0.00577. The quantitative estimate of drug-likeness (QED) is 0.0320. The molecule has 0 aliphatic carbocycles. The summed E-state index contributed by atoms with van der Waals surface area (Å²) < 4.78 is 5.49. The van der Waals surface area contributed by atoms with Crippen molar-refractivity contribution in [1.82, 2.24) is 5.32 Å². The van der Waals surface area contributed by atoms with E-state index in [9.17, 15) is 19.8 Å². The molecule has 468 valence electrons. The number of hydrogen-bond acceptors (Lipinski definition) is 5. The van der Waals surface area contributed by atoms with Crippen molar-refractivity contribution < 1.29 is 24.5 Å². The molecular formula is C73H141NO5. The van der Waals surface area contributed by atoms with Crippen molar-refractivity contribution in [2.24, 2.45) is 0 Å². The molecule has 0 rings (SSSR count). The summed E-state index contributed by atoms with van der Waals surface area (Å²) in [6.07, 6.45) is 86.9. The topological polar surface area (TPSA) is 95.9 Å². The van der Waals surface area contributed by atoms with Crippen molar-refractivity contribution in [3.63, 3.8) is 0 Å². The molecule has 0 spiro atoms. The number of carbonyl (C=O) groups excluding carboxylic acids is 2. The summed E-state index contributed by atoms with van der Waals surface area (Å²) in [5, 5.41) is 23.3. The van der Waals surface area contributed by atoms with Crippen LogP contribution in [0.5, 0.6) is 0 Å². The number of amides is 1. The zero-order chi connectivity index (χ0) is 57.1. The van der Waals surface area contributed by atoms with Gasteiger partial charge in [0.25, 0.3) is 0 Å². The summed E-state index contributed by atoms with van der Waals surface area (Å²) in [7, 11) is 0. The number of esters is 1. The SMILES string of the molecule is CCCCCCCC/C=C\CCCCCCCC(=O)OCCCCCCCCCCCCCCCCCCCCCCCCC(=O)NC(CO)C(O)/C=C/CCCCCCCCCCCCCCCCCCCCCCCCC. The fourth-order valence-electron chi connectivity index (χ4n) is 11.5. The van der Waals surface area contributed by atoms with E-state index < -0.39 is 12.1 Å². The van der Waals surface area contributed by atoms with Gasteiger partial charge in [-0.3, -0.25) is 9.59 Å². The first-order valence-corrected chi connectivity index (χ1v) is 36.1. The van der Waals surface area contributed by atoms with Gasteiger partial charge in [-0.2, -0.15) is 0 Å². The lowest BCUT2D eigenvalue weighted by Gasteiger charge is -2.20. The molecule has 0 aliphatic heterocycles. The van der Waals surface area contributed by atoms with Gasteiger partial charge in [0.2, 0.25) is 5.91 Å². The molecule has 0 fully saturated rings. The van der Waals surface area contributed by atoms with Gasteiger partial charge >= 0.3 is 5.97 Å². The Bertz CT molecular complexity index is 1230. The lowest BCUT2D eigenvalue weighted by atomic mass is 10.0. The smallest absolute Gasteiger partial charge is 0.305 e. The third kappa shape index (κ3) is 65.4. The number of nitrogens with one attached hydrogen (secondary N) is 1. The Labute approximate surface area is 494 Å². The third-order valence-electron chi connectivity index (χ3n) is 17.0. The lowest BCUT2D eigenvalue weighted by Crippen LogP contribution is -2.45. The van der Waals surface area contributed by atoms with E-state index in [2.05, 4.69) is 31.3 Å². The van der Waals surface area contributed by atoms with Crippen LogP contribution in [0.15, 0.2) is 24.3 Å². The van der Waals surface area contributed by atoms with Crippen LogP contribution in [0, 0.1) is 0 Å². The molecule has 0 aromatic rings. The van der Waals surface area contributed by atoms with Crippen molar-refractivity contribution in [2.45, 2.75) is 418 Å². The van der Waals surface area contributed by atoms with Crippen molar-refractivity contribution in [3.05, 3.63) is 24.3 Å². The molecule has 0 saturated carbocycles. The number of ether oxygens (including phenoxy) is 1. The Morgan fingerprint density at radius 3 is 0.899 bits per heavy atom. The molecule has 79 heavy (non-hydrogen) atoms. The molecule has 2 atom stereocenters. The minimum atomic E-state index is -0.846. The van der Waals surface area contributed by atoms with E-state index in [0.29, 0.717) is 19.4 Å². The molecule has 0 saturated heterocycles. The number of rotatable bonds is 68. The van der Waals surface area contributed by atoms with Crippen LogP contribution in [-0.2, 0) is 14.3 Å². The highest BCUT2D eigenvalue weighted by molar-refractivity contribution is 5.76. The van der Waals surface area contributed by atoms with Gasteiger partial charge in [0.15, 0.2) is 0 Å². The van der Waals surface area contributed by atoms with Gasteiger partial charge < -0.3 is 20.3 Å². The van der Waals surface area contributed by atoms with Gasteiger partial charge in [-0.1, -0.05) is 359 Å². The van der Waals surface area contributed by atoms with Crippen LogP contribution in [0.4, 0.5) is 0 Å². The van der Waals surface area contributed by atoms with Crippen LogP contribution in [0.2, 0.25) is 0 Å². The largest absolute Gasteiger partial charge is 0.466 e. The maximum absolute atomic E-state index is 12.5. The van der Waals surface area contributed by atoms with Crippen LogP contribution >= 0.6 is 0 Å². The van der Waals surface area contributed by atoms with E-state index in [0.717, 1.165) is 44.9 Å². The Hall–Kier alpha value is -1.66. The normalized spacial score (nSPS) is 12.6. The number of unbranched alkanes of at least 4 members (excludes halogenated alkanes) is 55. The van der Waals surface area contributed by atoms with Gasteiger partial charge in [0, 0.05) is 12.8 Å². The van der Waals surface area contributed by atoms with Crippen molar-refractivity contribution >= 4 is 11.9 Å². The molecule has 0 aromatic heterocycles. The van der Waals surface area contributed by atoms with E-state index in [1.807, 2.05) is 6.08 Å². The lowest BCUT2D eigenvalue weighted by molar-refractivity contribution is -0.143. The monoisotopic (exact) mass is 1110 g/mol. The van der Waals surface area contributed by atoms with E-state index in [-0.39, 0.29) is 18.5 Å². The van der Waals surface area contributed by atoms with E-state index in [1.165, 1.54) is 334 Å². The Morgan fingerprint density at radius 2 is 0.595 bits per heavy atom. The zero-order valence-electron chi connectivity index (χ0n) is 53.6. The van der Waals surface area contributed by atoms with Crippen LogP contribution in [0.3, 0.4) is 0 Å². The number of aliphatic hydroxyl groups is 2. The van der Waals surface area contributed by atoms with Crippen molar-refractivity contribution in [1.29, 1.82) is 0 Å². The molecule has 3 N–H and O–H groups in total. The van der Waals surface area contributed by atoms with Crippen LogP contribution in [0.1, 0.15) is 406 Å². The fourth-order valence-corrected chi connectivity index (χ4v) is 11.5. The molecule has 0 heterocycles. The summed E-state index contributed by atoms with van der Waals surface area (Å²) in [6, 6.07) is -0.630. The number of carbonyl (C=O) groups is 2. The molecule has 0 bridgehead atoms. The number of allylic oxidation sites excluding steroid dienone is 3. The number of aliphatic hydroxyl groups excluding tert-OH is 2. The Balaban J connectivity index is 3.41. The number of hydrogen-bond donors (Lipinski definition) is 3. The highest BCUT2D eigenvalue weighted by atomic mass is 16.5. The Kier molecular flexibility index (Phi) is 67.4. The highest BCUT2D eigenvalue weighted by Gasteiger charge is 2.18. The first-order valence-electron chi connectivity index (χ1n) is 36.1. The molecule has 6 nitrogen and oxygen atoms in total. The van der Waals surface area contributed by atoms with Crippen LogP contribution in [0.25, 0.3) is 0 Å². The van der Waals surface area contributed by atoms with Crippen molar-refractivity contribution in [2.75, 3.05) is 13.2 Å². The molecular weight excluding hydrogens is 971 g/mol. The van der Waals surface area contributed by atoms with Crippen LogP contribution in [-0.4, -0.2) is 47.4 Å². The molecule has 0 radical (unpaired) electrons. The second-order valence-electron chi connectivity index (χ2n) is 24.9. The maximum Gasteiger partial charge on any atom is 0.305 e. The van der Waals surface area contributed by atoms with E-state index in [1.54, 1.807) is 6.08 Å².